The molecule has 1 amide bonds. The van der Waals surface area contributed by atoms with Gasteiger partial charge in [-0.15, -0.1) is 0 Å². The number of hydrogen-bond acceptors (Lipinski definition) is 3. The molecule has 0 aliphatic carbocycles. The maximum atomic E-state index is 13.0. The summed E-state index contributed by atoms with van der Waals surface area (Å²) in [7, 11) is 0. The van der Waals surface area contributed by atoms with Crippen LogP contribution >= 0.6 is 0 Å². The van der Waals surface area contributed by atoms with Crippen molar-refractivity contribution in [3.63, 3.8) is 0 Å². The van der Waals surface area contributed by atoms with Crippen LogP contribution in [-0.4, -0.2) is 17.4 Å². The van der Waals surface area contributed by atoms with Gasteiger partial charge in [0.1, 0.15) is 0 Å². The zero-order valence-corrected chi connectivity index (χ0v) is 13.1. The number of hydrogen-bond donors (Lipinski definition) is 2. The molecule has 0 unspecified atom stereocenters. The zero-order valence-electron chi connectivity index (χ0n) is 13.1. The van der Waals surface area contributed by atoms with E-state index >= 15 is 0 Å². The molecule has 0 radical (unpaired) electrons. The second-order valence-corrected chi connectivity index (χ2v) is 6.53. The highest BCUT2D eigenvalue weighted by Gasteiger charge is 2.55. The predicted molar refractivity (Wildman–Crippen MR) is 93.9 cm³/mol. The Morgan fingerprint density at radius 2 is 1.92 bits per heavy atom. The summed E-state index contributed by atoms with van der Waals surface area (Å²) in [6, 6.07) is 18.2. The summed E-state index contributed by atoms with van der Waals surface area (Å²) in [5.74, 6) is 0.0895. The van der Waals surface area contributed by atoms with Crippen LogP contribution in [0.4, 0.5) is 5.69 Å². The second kappa shape index (κ2) is 4.89. The van der Waals surface area contributed by atoms with Gasteiger partial charge in [0, 0.05) is 17.3 Å². The third-order valence-electron chi connectivity index (χ3n) is 5.40. The Labute approximate surface area is 139 Å². The van der Waals surface area contributed by atoms with Crippen molar-refractivity contribution in [2.45, 2.75) is 17.9 Å². The lowest BCUT2D eigenvalue weighted by atomic mass is 9.72. The minimum absolute atomic E-state index is 0.0697. The van der Waals surface area contributed by atoms with Crippen molar-refractivity contribution in [2.24, 2.45) is 0 Å². The summed E-state index contributed by atoms with van der Waals surface area (Å²) in [6.07, 6.45) is 2.61. The summed E-state index contributed by atoms with van der Waals surface area (Å²) in [6.45, 7) is 0.815. The molecule has 3 aromatic rings. The lowest BCUT2D eigenvalue weighted by Gasteiger charge is -2.30. The van der Waals surface area contributed by atoms with E-state index in [1.165, 1.54) is 0 Å². The monoisotopic (exact) mass is 315 g/mol. The molecular weight excluding hydrogens is 298 g/mol. The van der Waals surface area contributed by atoms with E-state index in [9.17, 15) is 4.79 Å². The minimum atomic E-state index is -0.553. The van der Waals surface area contributed by atoms with E-state index in [0.717, 1.165) is 40.7 Å². The van der Waals surface area contributed by atoms with Crippen molar-refractivity contribution in [1.82, 2.24) is 10.3 Å². The number of rotatable bonds is 1. The fourth-order valence-electron chi connectivity index (χ4n) is 4.34. The molecule has 2 N–H and O–H groups in total. The van der Waals surface area contributed by atoms with Crippen LogP contribution in [0.3, 0.4) is 0 Å². The van der Waals surface area contributed by atoms with E-state index in [4.69, 9.17) is 0 Å². The maximum Gasteiger partial charge on any atom is 0.237 e. The number of anilines is 1. The van der Waals surface area contributed by atoms with Crippen LogP contribution in [-0.2, 0) is 10.2 Å². The van der Waals surface area contributed by atoms with Crippen LogP contribution in [0.25, 0.3) is 10.9 Å². The van der Waals surface area contributed by atoms with Crippen LogP contribution < -0.4 is 10.6 Å². The number of nitrogens with one attached hydrogen (secondary N) is 2. The first-order valence-corrected chi connectivity index (χ1v) is 8.29. The highest BCUT2D eigenvalue weighted by atomic mass is 16.2. The molecule has 3 heterocycles. The molecular formula is C20H17N3O. The third-order valence-corrected chi connectivity index (χ3v) is 5.40. The fraction of sp³-hybridized carbons (Fsp3) is 0.200. The van der Waals surface area contributed by atoms with Gasteiger partial charge in [0.25, 0.3) is 0 Å². The molecule has 1 fully saturated rings. The average Bonchev–Trinajstić information content (AvgIpc) is 3.18. The van der Waals surface area contributed by atoms with E-state index in [-0.39, 0.29) is 11.9 Å². The van der Waals surface area contributed by atoms with Gasteiger partial charge in [0.05, 0.1) is 17.0 Å². The molecule has 5 rings (SSSR count). The molecule has 2 aromatic carbocycles. The Hall–Kier alpha value is -2.72. The molecule has 0 bridgehead atoms. The number of nitrogens with zero attached hydrogens (tertiary/aromatic N) is 1. The van der Waals surface area contributed by atoms with Gasteiger partial charge < -0.3 is 10.6 Å². The molecule has 4 heteroatoms. The van der Waals surface area contributed by atoms with E-state index in [0.29, 0.717) is 0 Å². The third kappa shape index (κ3) is 1.66. The van der Waals surface area contributed by atoms with E-state index in [1.807, 2.05) is 36.5 Å². The minimum Gasteiger partial charge on any atom is -0.325 e. The lowest BCUT2D eigenvalue weighted by Crippen LogP contribution is -2.39. The van der Waals surface area contributed by atoms with Crippen LogP contribution in [0.2, 0.25) is 0 Å². The Balaban J connectivity index is 1.75. The molecule has 1 aromatic heterocycles. The van der Waals surface area contributed by atoms with Crippen molar-refractivity contribution in [1.29, 1.82) is 0 Å². The first-order valence-electron chi connectivity index (χ1n) is 8.29. The van der Waals surface area contributed by atoms with E-state index in [2.05, 4.69) is 39.9 Å². The van der Waals surface area contributed by atoms with Crippen molar-refractivity contribution < 1.29 is 4.79 Å². The molecule has 2 aliphatic rings. The summed E-state index contributed by atoms with van der Waals surface area (Å²) < 4.78 is 0. The number of benzene rings is 2. The lowest BCUT2D eigenvalue weighted by molar-refractivity contribution is -0.121. The molecule has 24 heavy (non-hydrogen) atoms. The summed E-state index contributed by atoms with van der Waals surface area (Å²) >= 11 is 0. The van der Waals surface area contributed by atoms with Crippen LogP contribution in [0.1, 0.15) is 23.6 Å². The molecule has 1 saturated heterocycles. The number of para-hydroxylation sites is 2. The SMILES string of the molecule is O=C1Nc2ccccc2[C@]12CCN[C@@H]2c1cccc2cccnc12. The first-order chi connectivity index (χ1) is 11.8. The fourth-order valence-corrected chi connectivity index (χ4v) is 4.34. The number of amides is 1. The largest absolute Gasteiger partial charge is 0.325 e. The Morgan fingerprint density at radius 1 is 1.04 bits per heavy atom. The molecule has 1 spiro atoms. The van der Waals surface area contributed by atoms with Gasteiger partial charge >= 0.3 is 0 Å². The molecule has 2 aliphatic heterocycles. The molecule has 118 valence electrons. The second-order valence-electron chi connectivity index (χ2n) is 6.53. The predicted octanol–water partition coefficient (Wildman–Crippen LogP) is 3.16. The van der Waals surface area contributed by atoms with E-state index < -0.39 is 5.41 Å². The number of fused-ring (bicyclic) bond motifs is 3. The van der Waals surface area contributed by atoms with Gasteiger partial charge in [-0.05, 0) is 36.2 Å². The average molecular weight is 315 g/mol. The van der Waals surface area contributed by atoms with Crippen molar-refractivity contribution >= 4 is 22.5 Å². The highest BCUT2D eigenvalue weighted by molar-refractivity contribution is 6.07. The standard InChI is InChI=1S/C20H17N3O/c24-19-20(15-8-1-2-9-16(15)23-19)10-12-22-18(20)14-7-3-5-13-6-4-11-21-17(13)14/h1-9,11,18,22H,10,12H2,(H,23,24)/t18-,20+/m1/s1. The normalized spacial score (nSPS) is 25.2. The van der Waals surface area contributed by atoms with Crippen LogP contribution in [0.5, 0.6) is 0 Å². The van der Waals surface area contributed by atoms with Gasteiger partial charge in [-0.25, -0.2) is 0 Å². The highest BCUT2D eigenvalue weighted by Crippen LogP contribution is 2.51. The molecule has 0 saturated carbocycles. The first kappa shape index (κ1) is 13.7. The maximum absolute atomic E-state index is 13.0. The van der Waals surface area contributed by atoms with Crippen LogP contribution in [0.15, 0.2) is 60.8 Å². The Morgan fingerprint density at radius 3 is 2.88 bits per heavy atom. The van der Waals surface area contributed by atoms with Gasteiger partial charge in [0.2, 0.25) is 5.91 Å². The van der Waals surface area contributed by atoms with Gasteiger partial charge in [-0.1, -0.05) is 42.5 Å². The Kier molecular flexibility index (Phi) is 2.79. The zero-order chi connectivity index (χ0) is 16.1. The van der Waals surface area contributed by atoms with Gasteiger partial charge in [0.15, 0.2) is 0 Å². The number of aromatic nitrogens is 1. The number of carbonyl (C=O) groups is 1. The number of pyridine rings is 1. The van der Waals surface area contributed by atoms with Gasteiger partial charge in [-0.2, -0.15) is 0 Å². The topological polar surface area (TPSA) is 54.0 Å². The summed E-state index contributed by atoms with van der Waals surface area (Å²) in [5, 5.41) is 7.75. The van der Waals surface area contributed by atoms with Crippen molar-refractivity contribution in [2.75, 3.05) is 11.9 Å². The summed E-state index contributed by atoms with van der Waals surface area (Å²) in [5.41, 5.74) is 3.54. The van der Waals surface area contributed by atoms with Crippen LogP contribution in [0, 0.1) is 0 Å². The Bertz CT molecular complexity index is 963. The molecule has 2 atom stereocenters. The van der Waals surface area contributed by atoms with Gasteiger partial charge in [-0.3, -0.25) is 9.78 Å². The number of carbonyl (C=O) groups excluding carboxylic acids is 1. The quantitative estimate of drug-likeness (QED) is 0.725. The van der Waals surface area contributed by atoms with E-state index in [1.54, 1.807) is 0 Å². The van der Waals surface area contributed by atoms with Crippen molar-refractivity contribution in [3.8, 4) is 0 Å². The van der Waals surface area contributed by atoms with Crippen molar-refractivity contribution in [3.05, 3.63) is 71.9 Å². The molecule has 4 nitrogen and oxygen atoms in total. The smallest absolute Gasteiger partial charge is 0.237 e. The summed E-state index contributed by atoms with van der Waals surface area (Å²) in [4.78, 5) is 17.6.